The number of rotatable bonds is 4. The van der Waals surface area contributed by atoms with E-state index in [1.807, 2.05) is 0 Å². The van der Waals surface area contributed by atoms with E-state index in [2.05, 4.69) is 54.5 Å². The number of Topliss-reactive ketones (excluding diaryl/α,β-unsaturated/α-hetero) is 1. The number of hydrogen-bond donors (Lipinski definition) is 5. The highest BCUT2D eigenvalue weighted by Gasteiger charge is 2.70. The number of aliphatic carboxylic acids is 1. The molecule has 1 aliphatic heterocycles. The Hall–Kier alpha value is -1.32. The molecule has 13 atom stereocenters. The number of ketones is 1. The Kier molecular flexibility index (Phi) is 7.90. The fourth-order valence-corrected chi connectivity index (χ4v) is 12.7. The molecule has 4 saturated carbocycles. The third-order valence-electron chi connectivity index (χ3n) is 15.6. The predicted octanol–water partition coefficient (Wildman–Crippen LogP) is 4.90. The average molecular weight is 631 g/mol. The van der Waals surface area contributed by atoms with Gasteiger partial charge < -0.3 is 30.3 Å². The van der Waals surface area contributed by atoms with Gasteiger partial charge in [-0.1, -0.05) is 60.1 Å². The average Bonchev–Trinajstić information content (AvgIpc) is 2.95. The second-order valence-corrected chi connectivity index (χ2v) is 18.2. The fraction of sp³-hybridized carbons (Fsp3) is 0.892. The molecule has 8 heteroatoms. The third-order valence-corrected chi connectivity index (χ3v) is 15.6. The van der Waals surface area contributed by atoms with Gasteiger partial charge >= 0.3 is 5.97 Å². The number of hydrogen-bond acceptors (Lipinski definition) is 7. The van der Waals surface area contributed by atoms with Crippen molar-refractivity contribution in [3.63, 3.8) is 0 Å². The van der Waals surface area contributed by atoms with Crippen LogP contribution in [0, 0.1) is 56.2 Å². The molecule has 45 heavy (non-hydrogen) atoms. The Morgan fingerprint density at radius 2 is 1.51 bits per heavy atom. The Morgan fingerprint density at radius 3 is 2.16 bits per heavy atom. The van der Waals surface area contributed by atoms with Gasteiger partial charge in [0.25, 0.3) is 0 Å². The number of carbonyl (C=O) groups excluding carboxylic acids is 1. The number of aliphatic hydroxyl groups excluding tert-OH is 4. The van der Waals surface area contributed by atoms with Gasteiger partial charge in [-0.25, -0.2) is 0 Å². The molecule has 5 unspecified atom stereocenters. The molecule has 254 valence electrons. The van der Waals surface area contributed by atoms with Crippen LogP contribution in [0.3, 0.4) is 0 Å². The van der Waals surface area contributed by atoms with Crippen LogP contribution in [0.25, 0.3) is 0 Å². The van der Waals surface area contributed by atoms with Gasteiger partial charge in [-0.2, -0.15) is 0 Å². The largest absolute Gasteiger partial charge is 0.481 e. The molecule has 0 aromatic rings. The van der Waals surface area contributed by atoms with Gasteiger partial charge in [0, 0.05) is 5.92 Å². The quantitative estimate of drug-likeness (QED) is 0.276. The molecular weight excluding hydrogens is 572 g/mol. The fourth-order valence-electron chi connectivity index (χ4n) is 12.7. The van der Waals surface area contributed by atoms with E-state index in [4.69, 9.17) is 4.74 Å². The molecule has 0 radical (unpaired) electrons. The number of fused-ring (bicyclic) bond motifs is 7. The molecule has 5 aliphatic carbocycles. The van der Waals surface area contributed by atoms with Crippen molar-refractivity contribution in [2.75, 3.05) is 6.61 Å². The summed E-state index contributed by atoms with van der Waals surface area (Å²) in [5.41, 5.74) is 0.396. The predicted molar refractivity (Wildman–Crippen MR) is 169 cm³/mol. The summed E-state index contributed by atoms with van der Waals surface area (Å²) in [6.07, 6.45) is 4.19. The maximum absolute atomic E-state index is 14.1. The number of aliphatic hydroxyl groups is 4. The van der Waals surface area contributed by atoms with Crippen molar-refractivity contribution >= 4 is 11.8 Å². The van der Waals surface area contributed by atoms with Crippen LogP contribution in [-0.2, 0) is 14.3 Å². The van der Waals surface area contributed by atoms with Gasteiger partial charge in [0.1, 0.15) is 30.5 Å². The van der Waals surface area contributed by atoms with Crippen LogP contribution >= 0.6 is 0 Å². The van der Waals surface area contributed by atoms with Gasteiger partial charge in [-0.05, 0) is 109 Å². The summed E-state index contributed by atoms with van der Waals surface area (Å²) in [5, 5.41) is 51.8. The zero-order chi connectivity index (χ0) is 33.1. The molecule has 0 aromatic carbocycles. The maximum Gasteiger partial charge on any atom is 0.310 e. The number of carboxylic acids is 1. The lowest BCUT2D eigenvalue weighted by Crippen LogP contribution is -2.66. The first-order chi connectivity index (χ1) is 20.8. The topological polar surface area (TPSA) is 145 Å². The van der Waals surface area contributed by atoms with Crippen LogP contribution < -0.4 is 0 Å². The number of carboxylic acid groups (broad SMARTS) is 1. The molecule has 0 amide bonds. The standard InChI is InChI=1S/C37H58O8/c1-32(2)14-16-37(31(43)44)17-15-35(6)20(22(37)18-32)8-9-25-34(5)12-10-21(33(3,4)24(34)11-13-36(25,35)7)26(39)30-29(42)28(41)27(40)23(19-38)45-30/h8,21-25,27-30,38,40-42H,9-19H2,1-7H3,(H,43,44)/t21-,22?,23?,24?,25?,27+,28-,29?,30+,34-,35+,36+,37-/m0/s1. The molecule has 5 fully saturated rings. The van der Waals surface area contributed by atoms with E-state index in [9.17, 15) is 35.1 Å². The lowest BCUT2D eigenvalue weighted by molar-refractivity contribution is -0.233. The minimum absolute atomic E-state index is 0.0127. The smallest absolute Gasteiger partial charge is 0.310 e. The van der Waals surface area contributed by atoms with Crippen LogP contribution in [0.15, 0.2) is 11.6 Å². The Balaban J connectivity index is 1.31. The lowest BCUT2D eigenvalue weighted by atomic mass is 9.33. The van der Waals surface area contributed by atoms with E-state index in [1.54, 1.807) is 0 Å². The highest BCUT2D eigenvalue weighted by molar-refractivity contribution is 5.87. The summed E-state index contributed by atoms with van der Waals surface area (Å²) in [5.74, 6) is -0.523. The van der Waals surface area contributed by atoms with Crippen LogP contribution in [0.2, 0.25) is 0 Å². The molecule has 6 aliphatic rings. The monoisotopic (exact) mass is 630 g/mol. The minimum atomic E-state index is -1.56. The summed E-state index contributed by atoms with van der Waals surface area (Å²) in [6, 6.07) is 0. The zero-order valence-electron chi connectivity index (χ0n) is 28.5. The molecule has 0 spiro atoms. The van der Waals surface area contributed by atoms with Crippen molar-refractivity contribution in [3.8, 4) is 0 Å². The van der Waals surface area contributed by atoms with Crippen LogP contribution in [0.4, 0.5) is 0 Å². The second-order valence-electron chi connectivity index (χ2n) is 18.2. The van der Waals surface area contributed by atoms with Gasteiger partial charge in [0.2, 0.25) is 0 Å². The van der Waals surface area contributed by atoms with Gasteiger partial charge in [-0.15, -0.1) is 0 Å². The van der Waals surface area contributed by atoms with Crippen molar-refractivity contribution < 1.29 is 39.9 Å². The van der Waals surface area contributed by atoms with E-state index in [-0.39, 0.29) is 45.2 Å². The van der Waals surface area contributed by atoms with Crippen molar-refractivity contribution in [2.45, 2.75) is 143 Å². The maximum atomic E-state index is 14.1. The molecule has 0 aromatic heterocycles. The Bertz CT molecular complexity index is 1250. The molecule has 6 rings (SSSR count). The van der Waals surface area contributed by atoms with Crippen LogP contribution in [0.1, 0.15) is 113 Å². The molecule has 0 bridgehead atoms. The van der Waals surface area contributed by atoms with E-state index < -0.39 is 53.9 Å². The van der Waals surface area contributed by atoms with E-state index in [0.29, 0.717) is 12.3 Å². The van der Waals surface area contributed by atoms with Crippen molar-refractivity contribution in [3.05, 3.63) is 11.6 Å². The third kappa shape index (κ3) is 4.47. The summed E-state index contributed by atoms with van der Waals surface area (Å²) in [4.78, 5) is 27.1. The van der Waals surface area contributed by atoms with Crippen molar-refractivity contribution in [2.24, 2.45) is 56.2 Å². The zero-order valence-corrected chi connectivity index (χ0v) is 28.5. The van der Waals surface area contributed by atoms with E-state index in [1.165, 1.54) is 5.57 Å². The molecule has 1 saturated heterocycles. The highest BCUT2D eigenvalue weighted by atomic mass is 16.5. The number of allylic oxidation sites excluding steroid dienone is 2. The Morgan fingerprint density at radius 1 is 0.844 bits per heavy atom. The van der Waals surface area contributed by atoms with Crippen LogP contribution in [-0.4, -0.2) is 74.4 Å². The molecular formula is C37H58O8. The highest BCUT2D eigenvalue weighted by Crippen LogP contribution is 2.76. The summed E-state index contributed by atoms with van der Waals surface area (Å²) in [7, 11) is 0. The first-order valence-electron chi connectivity index (χ1n) is 17.6. The normalized spacial score (nSPS) is 51.9. The van der Waals surface area contributed by atoms with Gasteiger partial charge in [0.05, 0.1) is 12.0 Å². The van der Waals surface area contributed by atoms with Crippen LogP contribution in [0.5, 0.6) is 0 Å². The number of carbonyl (C=O) groups is 2. The van der Waals surface area contributed by atoms with Crippen molar-refractivity contribution in [1.82, 2.24) is 0 Å². The molecule has 5 N–H and O–H groups in total. The van der Waals surface area contributed by atoms with E-state index in [0.717, 1.165) is 57.8 Å². The summed E-state index contributed by atoms with van der Waals surface area (Å²) in [6.45, 7) is 15.8. The first kappa shape index (κ1) is 33.6. The minimum Gasteiger partial charge on any atom is -0.481 e. The first-order valence-corrected chi connectivity index (χ1v) is 17.6. The van der Waals surface area contributed by atoms with E-state index >= 15 is 0 Å². The Labute approximate surface area is 269 Å². The second kappa shape index (κ2) is 10.6. The molecule has 1 heterocycles. The molecule has 8 nitrogen and oxygen atoms in total. The van der Waals surface area contributed by atoms with Gasteiger partial charge in [0.15, 0.2) is 5.78 Å². The lowest BCUT2D eigenvalue weighted by Gasteiger charge is -2.71. The number of ether oxygens (including phenoxy) is 1. The summed E-state index contributed by atoms with van der Waals surface area (Å²) < 4.78 is 5.75. The summed E-state index contributed by atoms with van der Waals surface area (Å²) >= 11 is 0. The SMILES string of the molecule is CC1(C)CC[C@]2(C(=O)O)CC[C@]3(C)C(=CCC4[C@@]5(C)CC[C@@H](C(=O)[C@H]6OC(CO)[C@@H](O)[C@H](O)C6O)C(C)(C)C5CC[C@]43C)C2C1. The van der Waals surface area contributed by atoms with Crippen molar-refractivity contribution in [1.29, 1.82) is 0 Å². The van der Waals surface area contributed by atoms with Gasteiger partial charge in [-0.3, -0.25) is 9.59 Å².